The zero-order valence-electron chi connectivity index (χ0n) is 17.1. The summed E-state index contributed by atoms with van der Waals surface area (Å²) in [7, 11) is 3.43. The van der Waals surface area contributed by atoms with E-state index < -0.39 is 0 Å². The van der Waals surface area contributed by atoms with Gasteiger partial charge in [-0.3, -0.25) is 14.0 Å². The van der Waals surface area contributed by atoms with Crippen molar-refractivity contribution < 1.29 is 9.59 Å². The van der Waals surface area contributed by atoms with Crippen LogP contribution in [0.3, 0.4) is 0 Å². The number of benzene rings is 1. The molecule has 0 saturated heterocycles. The Kier molecular flexibility index (Phi) is 4.44. The summed E-state index contributed by atoms with van der Waals surface area (Å²) in [6.45, 7) is 2.34. The number of thiazole rings is 1. The molecule has 0 spiro atoms. The summed E-state index contributed by atoms with van der Waals surface area (Å²) in [6.07, 6.45) is 5.33. The second-order valence-corrected chi connectivity index (χ2v) is 8.42. The van der Waals surface area contributed by atoms with Crippen LogP contribution in [0, 0.1) is 6.92 Å². The molecule has 31 heavy (non-hydrogen) atoms. The summed E-state index contributed by atoms with van der Waals surface area (Å²) >= 11 is 1.29. The fourth-order valence-electron chi connectivity index (χ4n) is 3.56. The van der Waals surface area contributed by atoms with Gasteiger partial charge in [0.1, 0.15) is 4.88 Å². The van der Waals surface area contributed by atoms with Crippen LogP contribution in [0.25, 0.3) is 16.9 Å². The number of fused-ring (bicyclic) bond motifs is 2. The molecule has 2 N–H and O–H groups in total. The molecule has 0 bridgehead atoms. The number of hydrogen-bond acceptors (Lipinski definition) is 7. The molecule has 0 atom stereocenters. The van der Waals surface area contributed by atoms with Crippen LogP contribution in [0.5, 0.6) is 0 Å². The number of aromatic nitrogens is 4. The molecule has 4 aromatic rings. The Hall–Kier alpha value is -3.79. The lowest BCUT2D eigenvalue weighted by Crippen LogP contribution is -2.21. The van der Waals surface area contributed by atoms with Gasteiger partial charge in [0, 0.05) is 44.2 Å². The van der Waals surface area contributed by atoms with E-state index in [1.807, 2.05) is 35.7 Å². The summed E-state index contributed by atoms with van der Waals surface area (Å²) in [6, 6.07) is 5.75. The highest BCUT2D eigenvalue weighted by molar-refractivity contribution is 7.17. The van der Waals surface area contributed by atoms with Crippen LogP contribution in [0.4, 0.5) is 10.9 Å². The third-order valence-electron chi connectivity index (χ3n) is 5.14. The highest BCUT2D eigenvalue weighted by Gasteiger charge is 2.21. The molecule has 0 radical (unpaired) electrons. The molecule has 0 aliphatic carbocycles. The van der Waals surface area contributed by atoms with Crippen LogP contribution in [0.1, 0.15) is 31.3 Å². The second kappa shape index (κ2) is 7.17. The Morgan fingerprint density at radius 1 is 1.29 bits per heavy atom. The van der Waals surface area contributed by atoms with Gasteiger partial charge >= 0.3 is 0 Å². The van der Waals surface area contributed by atoms with E-state index in [-0.39, 0.29) is 11.8 Å². The number of amides is 2. The first-order chi connectivity index (χ1) is 14.9. The van der Waals surface area contributed by atoms with Gasteiger partial charge < -0.3 is 15.5 Å². The van der Waals surface area contributed by atoms with E-state index in [4.69, 9.17) is 0 Å². The van der Waals surface area contributed by atoms with Crippen LogP contribution in [-0.2, 0) is 6.54 Å². The summed E-state index contributed by atoms with van der Waals surface area (Å²) in [4.78, 5) is 39.8. The van der Waals surface area contributed by atoms with E-state index in [1.165, 1.54) is 16.2 Å². The van der Waals surface area contributed by atoms with E-state index in [9.17, 15) is 9.59 Å². The Morgan fingerprint density at radius 3 is 2.94 bits per heavy atom. The normalized spacial score (nSPS) is 12.7. The van der Waals surface area contributed by atoms with Gasteiger partial charge in [0.25, 0.3) is 11.8 Å². The molecule has 4 heterocycles. The zero-order valence-corrected chi connectivity index (χ0v) is 17.9. The number of hydrogen-bond donors (Lipinski definition) is 2. The lowest BCUT2D eigenvalue weighted by molar-refractivity contribution is 0.0831. The van der Waals surface area contributed by atoms with Crippen LogP contribution in [0.15, 0.2) is 36.8 Å². The van der Waals surface area contributed by atoms with E-state index in [2.05, 4.69) is 25.6 Å². The summed E-state index contributed by atoms with van der Waals surface area (Å²) in [5, 5.41) is 6.62. The molecule has 0 fully saturated rings. The minimum absolute atomic E-state index is 0.0436. The quantitative estimate of drug-likeness (QED) is 0.513. The topological polar surface area (TPSA) is 105 Å². The average Bonchev–Trinajstić information content (AvgIpc) is 3.47. The second-order valence-electron chi connectivity index (χ2n) is 7.43. The Balaban J connectivity index is 1.51. The van der Waals surface area contributed by atoms with Crippen molar-refractivity contribution in [2.75, 3.05) is 19.4 Å². The van der Waals surface area contributed by atoms with Gasteiger partial charge in [-0.15, -0.1) is 0 Å². The summed E-state index contributed by atoms with van der Waals surface area (Å²) < 4.78 is 1.94. The van der Waals surface area contributed by atoms with Gasteiger partial charge in [-0.2, -0.15) is 0 Å². The molecule has 1 aliphatic heterocycles. The molecule has 2 amide bonds. The maximum Gasteiger partial charge on any atom is 0.265 e. The van der Waals surface area contributed by atoms with Crippen molar-refractivity contribution in [2.45, 2.75) is 13.5 Å². The molecule has 5 rings (SSSR count). The number of anilines is 2. The fourth-order valence-corrected chi connectivity index (χ4v) is 4.55. The maximum absolute atomic E-state index is 12.3. The molecular formula is C21H19N7O2S. The molecule has 1 aliphatic rings. The monoisotopic (exact) mass is 433 g/mol. The van der Waals surface area contributed by atoms with Crippen LogP contribution in [-0.4, -0.2) is 50.2 Å². The predicted molar refractivity (Wildman–Crippen MR) is 118 cm³/mol. The van der Waals surface area contributed by atoms with Gasteiger partial charge in [0.2, 0.25) is 0 Å². The lowest BCUT2D eigenvalue weighted by atomic mass is 10.0. The third kappa shape index (κ3) is 3.21. The number of imidazole rings is 1. The molecule has 9 nitrogen and oxygen atoms in total. The smallest absolute Gasteiger partial charge is 0.265 e. The van der Waals surface area contributed by atoms with Crippen LogP contribution >= 0.6 is 11.3 Å². The van der Waals surface area contributed by atoms with Crippen molar-refractivity contribution >= 4 is 39.7 Å². The number of rotatable bonds is 4. The molecule has 1 aromatic carbocycles. The van der Waals surface area contributed by atoms with Crippen molar-refractivity contribution in [3.8, 4) is 11.3 Å². The number of nitrogens with one attached hydrogen (secondary N) is 2. The van der Waals surface area contributed by atoms with Crippen molar-refractivity contribution in [2.24, 2.45) is 0 Å². The van der Waals surface area contributed by atoms with Gasteiger partial charge in [0.05, 0.1) is 17.6 Å². The first-order valence-corrected chi connectivity index (χ1v) is 10.4. The lowest BCUT2D eigenvalue weighted by Gasteiger charge is -2.10. The molecule has 10 heteroatoms. The van der Waals surface area contributed by atoms with E-state index in [1.54, 1.807) is 26.5 Å². The minimum atomic E-state index is -0.0816. The standard InChI is InChI=1S/C21H19N7O2S/c1-11-16(20(30)27(2)3)31-21(25-11)26-17-18-22-6-7-28(18)15(10-23-17)12-4-5-14-13(8-12)9-24-19(14)29/h4-8,10H,9H2,1-3H3,(H,24,29)(H,23,25,26). The Morgan fingerprint density at radius 2 is 2.13 bits per heavy atom. The molecule has 0 saturated carbocycles. The van der Waals surface area contributed by atoms with Gasteiger partial charge in [-0.1, -0.05) is 17.4 Å². The number of aryl methyl sites for hydroxylation is 1. The molecule has 3 aromatic heterocycles. The van der Waals surface area contributed by atoms with Gasteiger partial charge in [-0.05, 0) is 24.6 Å². The predicted octanol–water partition coefficient (Wildman–Crippen LogP) is 2.85. The summed E-state index contributed by atoms with van der Waals surface area (Å²) in [5.74, 6) is 0.420. The van der Waals surface area contributed by atoms with Crippen LogP contribution in [0.2, 0.25) is 0 Å². The zero-order chi connectivity index (χ0) is 21.7. The first kappa shape index (κ1) is 19.2. The fraction of sp³-hybridized carbons (Fsp3) is 0.190. The van der Waals surface area contributed by atoms with E-state index in [0.29, 0.717) is 39.3 Å². The van der Waals surface area contributed by atoms with Crippen molar-refractivity contribution in [3.63, 3.8) is 0 Å². The largest absolute Gasteiger partial charge is 0.348 e. The average molecular weight is 433 g/mol. The van der Waals surface area contributed by atoms with Crippen molar-refractivity contribution in [1.29, 1.82) is 0 Å². The molecule has 156 valence electrons. The molecule has 0 unspecified atom stereocenters. The van der Waals surface area contributed by atoms with Crippen LogP contribution < -0.4 is 10.6 Å². The number of carbonyl (C=O) groups is 2. The molecular weight excluding hydrogens is 414 g/mol. The third-order valence-corrected chi connectivity index (χ3v) is 6.20. The maximum atomic E-state index is 12.3. The van der Waals surface area contributed by atoms with Gasteiger partial charge in [0.15, 0.2) is 16.6 Å². The number of carbonyl (C=O) groups excluding carboxylic acids is 2. The number of nitrogens with zero attached hydrogens (tertiary/aromatic N) is 5. The minimum Gasteiger partial charge on any atom is -0.348 e. The Bertz CT molecular complexity index is 1360. The highest BCUT2D eigenvalue weighted by atomic mass is 32.1. The highest BCUT2D eigenvalue weighted by Crippen LogP contribution is 2.30. The van der Waals surface area contributed by atoms with Crippen molar-refractivity contribution in [1.82, 2.24) is 29.6 Å². The Labute approximate surface area is 181 Å². The van der Waals surface area contributed by atoms with E-state index >= 15 is 0 Å². The first-order valence-electron chi connectivity index (χ1n) is 9.62. The SMILES string of the molecule is Cc1nc(Nc2ncc(-c3ccc4c(c3)CNC4=O)n3ccnc23)sc1C(=O)N(C)C. The van der Waals surface area contributed by atoms with E-state index in [0.717, 1.165) is 16.8 Å². The van der Waals surface area contributed by atoms with Crippen molar-refractivity contribution in [3.05, 3.63) is 58.5 Å². The summed E-state index contributed by atoms with van der Waals surface area (Å²) in [5.41, 5.74) is 4.79. The van der Waals surface area contributed by atoms with Gasteiger partial charge in [-0.25, -0.2) is 15.0 Å².